The van der Waals surface area contributed by atoms with Crippen molar-refractivity contribution >= 4 is 17.6 Å². The second kappa shape index (κ2) is 6.24. The first-order valence-electron chi connectivity index (χ1n) is 7.29. The van der Waals surface area contributed by atoms with Gasteiger partial charge in [0.05, 0.1) is 0 Å². The van der Waals surface area contributed by atoms with Gasteiger partial charge in [0, 0.05) is 17.6 Å². The van der Waals surface area contributed by atoms with E-state index in [2.05, 4.69) is 25.9 Å². The van der Waals surface area contributed by atoms with Crippen molar-refractivity contribution in [3.8, 4) is 5.75 Å². The summed E-state index contributed by atoms with van der Waals surface area (Å²) in [6.07, 6.45) is 0. The van der Waals surface area contributed by atoms with Crippen LogP contribution in [0.2, 0.25) is 5.02 Å². The van der Waals surface area contributed by atoms with Gasteiger partial charge in [0.25, 0.3) is 0 Å². The number of ether oxygens (including phenoxy) is 1. The fraction of sp³-hybridized carbons (Fsp3) is 0.412. The average molecular weight is 337 g/mol. The Labute approximate surface area is 140 Å². The Hall–Kier alpha value is -2.01. The Bertz CT molecular complexity index is 745. The van der Waals surface area contributed by atoms with E-state index in [-0.39, 0.29) is 17.7 Å². The van der Waals surface area contributed by atoms with Gasteiger partial charge in [-0.3, -0.25) is 4.68 Å². The minimum atomic E-state index is -1.01. The number of hydrogen-bond acceptors (Lipinski definition) is 3. The molecule has 0 amide bonds. The van der Waals surface area contributed by atoms with Crippen molar-refractivity contribution < 1.29 is 14.6 Å². The first-order valence-corrected chi connectivity index (χ1v) is 7.67. The van der Waals surface area contributed by atoms with Crippen molar-refractivity contribution in [1.29, 1.82) is 0 Å². The smallest absolute Gasteiger partial charge is 0.354 e. The maximum Gasteiger partial charge on any atom is 0.354 e. The molecule has 0 atom stereocenters. The van der Waals surface area contributed by atoms with E-state index in [1.165, 1.54) is 10.7 Å². The van der Waals surface area contributed by atoms with E-state index in [9.17, 15) is 4.79 Å². The summed E-state index contributed by atoms with van der Waals surface area (Å²) in [5, 5.41) is 13.9. The van der Waals surface area contributed by atoms with Gasteiger partial charge in [-0.15, -0.1) is 0 Å². The van der Waals surface area contributed by atoms with Crippen LogP contribution < -0.4 is 4.74 Å². The first kappa shape index (κ1) is 17.3. The number of aromatic nitrogens is 2. The summed E-state index contributed by atoms with van der Waals surface area (Å²) in [5.41, 5.74) is 2.51. The number of aromatic carboxylic acids is 1. The molecule has 0 aliphatic heterocycles. The van der Waals surface area contributed by atoms with E-state index in [4.69, 9.17) is 21.4 Å². The van der Waals surface area contributed by atoms with Crippen LogP contribution in [0.4, 0.5) is 0 Å². The van der Waals surface area contributed by atoms with Gasteiger partial charge in [0.15, 0.2) is 0 Å². The van der Waals surface area contributed by atoms with Crippen LogP contribution in [0.1, 0.15) is 48.1 Å². The Kier molecular flexibility index (Phi) is 4.71. The number of hydrogen-bond donors (Lipinski definition) is 1. The number of halogens is 1. The highest BCUT2D eigenvalue weighted by molar-refractivity contribution is 6.31. The summed E-state index contributed by atoms with van der Waals surface area (Å²) in [5.74, 6) is -0.272. The minimum absolute atomic E-state index is 0.122. The van der Waals surface area contributed by atoms with Crippen LogP contribution in [0.25, 0.3) is 0 Å². The monoisotopic (exact) mass is 336 g/mol. The molecule has 0 aliphatic carbocycles. The molecule has 2 rings (SSSR count). The molecule has 0 aliphatic rings. The highest BCUT2D eigenvalue weighted by Gasteiger charge is 2.21. The van der Waals surface area contributed by atoms with E-state index < -0.39 is 5.97 Å². The summed E-state index contributed by atoms with van der Waals surface area (Å²) in [6, 6.07) is 5.35. The molecule has 6 heteroatoms. The largest absolute Gasteiger partial charge is 0.487 e. The van der Waals surface area contributed by atoms with Crippen molar-refractivity contribution in [2.24, 2.45) is 7.05 Å². The fourth-order valence-corrected chi connectivity index (χ4v) is 2.47. The summed E-state index contributed by atoms with van der Waals surface area (Å²) in [7, 11) is 1.60. The number of carbonyl (C=O) groups is 1. The lowest BCUT2D eigenvalue weighted by Gasteiger charge is -2.23. The van der Waals surface area contributed by atoms with Crippen molar-refractivity contribution in [3.05, 3.63) is 45.7 Å². The van der Waals surface area contributed by atoms with Crippen LogP contribution in [-0.4, -0.2) is 20.9 Å². The van der Waals surface area contributed by atoms with E-state index >= 15 is 0 Å². The van der Waals surface area contributed by atoms with Crippen LogP contribution >= 0.6 is 11.6 Å². The number of rotatable bonds is 4. The van der Waals surface area contributed by atoms with Crippen molar-refractivity contribution in [2.45, 2.75) is 39.7 Å². The molecule has 124 valence electrons. The van der Waals surface area contributed by atoms with Crippen LogP contribution in [0.15, 0.2) is 18.2 Å². The first-order chi connectivity index (χ1) is 10.6. The van der Waals surface area contributed by atoms with Crippen molar-refractivity contribution in [2.75, 3.05) is 0 Å². The third-order valence-corrected chi connectivity index (χ3v) is 4.00. The van der Waals surface area contributed by atoms with Gasteiger partial charge in [-0.25, -0.2) is 4.79 Å². The van der Waals surface area contributed by atoms with Gasteiger partial charge in [-0.1, -0.05) is 32.4 Å². The maximum atomic E-state index is 11.1. The molecule has 2 aromatic rings. The number of carboxylic acids is 1. The number of aryl methyl sites for hydroxylation is 2. The molecule has 0 bridgehead atoms. The predicted molar refractivity (Wildman–Crippen MR) is 89.4 cm³/mol. The predicted octanol–water partition coefficient (Wildman–Crippen LogP) is 3.96. The van der Waals surface area contributed by atoms with Crippen LogP contribution in [0.3, 0.4) is 0 Å². The molecule has 23 heavy (non-hydrogen) atoms. The van der Waals surface area contributed by atoms with E-state index in [0.717, 1.165) is 16.9 Å². The molecule has 0 fully saturated rings. The second-order valence-electron chi connectivity index (χ2n) is 6.59. The van der Waals surface area contributed by atoms with Crippen LogP contribution in [0, 0.1) is 6.92 Å². The summed E-state index contributed by atoms with van der Waals surface area (Å²) < 4.78 is 7.24. The molecule has 1 aromatic carbocycles. The molecule has 0 spiro atoms. The van der Waals surface area contributed by atoms with Crippen molar-refractivity contribution in [3.63, 3.8) is 0 Å². The quantitative estimate of drug-likeness (QED) is 0.918. The molecule has 0 unspecified atom stereocenters. The van der Waals surface area contributed by atoms with Gasteiger partial charge < -0.3 is 9.84 Å². The SMILES string of the molecule is Cc1cc(OCc2cc(C(=O)O)n(C)n2)c(C(C)(C)C)cc1Cl. The summed E-state index contributed by atoms with van der Waals surface area (Å²) >= 11 is 6.23. The van der Waals surface area contributed by atoms with Gasteiger partial charge in [-0.2, -0.15) is 5.10 Å². The van der Waals surface area contributed by atoms with Gasteiger partial charge in [0.1, 0.15) is 23.7 Å². The normalized spacial score (nSPS) is 11.6. The molecule has 1 N–H and O–H groups in total. The summed E-state index contributed by atoms with van der Waals surface area (Å²) in [6.45, 7) is 8.38. The third-order valence-electron chi connectivity index (χ3n) is 3.59. The Balaban J connectivity index is 2.28. The molecule has 0 saturated heterocycles. The average Bonchev–Trinajstić information content (AvgIpc) is 2.80. The minimum Gasteiger partial charge on any atom is -0.487 e. The number of benzene rings is 1. The van der Waals surface area contributed by atoms with E-state index in [1.54, 1.807) is 7.05 Å². The zero-order valence-electron chi connectivity index (χ0n) is 14.0. The molecular formula is C17H21ClN2O3. The molecule has 1 heterocycles. The lowest BCUT2D eigenvalue weighted by molar-refractivity contribution is 0.0685. The highest BCUT2D eigenvalue weighted by Crippen LogP contribution is 2.35. The lowest BCUT2D eigenvalue weighted by atomic mass is 9.86. The highest BCUT2D eigenvalue weighted by atomic mass is 35.5. The Morgan fingerprint density at radius 1 is 1.35 bits per heavy atom. The number of nitrogens with zero attached hydrogens (tertiary/aromatic N) is 2. The second-order valence-corrected chi connectivity index (χ2v) is 6.99. The Morgan fingerprint density at radius 2 is 2.00 bits per heavy atom. The standard InChI is InChI=1S/C17H21ClN2O3/c1-10-6-15(12(8-13(10)18)17(2,3)4)23-9-11-7-14(16(21)22)20(5)19-11/h6-8H,9H2,1-5H3,(H,21,22). The molecular weight excluding hydrogens is 316 g/mol. The lowest BCUT2D eigenvalue weighted by Crippen LogP contribution is -2.14. The van der Waals surface area contributed by atoms with Crippen molar-refractivity contribution in [1.82, 2.24) is 9.78 Å². The zero-order valence-corrected chi connectivity index (χ0v) is 14.7. The third kappa shape index (κ3) is 3.85. The van der Waals surface area contributed by atoms with Gasteiger partial charge in [0.2, 0.25) is 0 Å². The van der Waals surface area contributed by atoms with Crippen LogP contribution in [0.5, 0.6) is 5.75 Å². The Morgan fingerprint density at radius 3 is 2.52 bits per heavy atom. The summed E-state index contributed by atoms with van der Waals surface area (Å²) in [4.78, 5) is 11.1. The van der Waals surface area contributed by atoms with E-state index in [0.29, 0.717) is 10.7 Å². The van der Waals surface area contributed by atoms with Crippen LogP contribution in [-0.2, 0) is 19.1 Å². The number of carboxylic acid groups (broad SMARTS) is 1. The van der Waals surface area contributed by atoms with E-state index in [1.807, 2.05) is 19.1 Å². The topological polar surface area (TPSA) is 64.3 Å². The van der Waals surface area contributed by atoms with Gasteiger partial charge in [-0.05, 0) is 36.1 Å². The zero-order chi connectivity index (χ0) is 17.4. The maximum absolute atomic E-state index is 11.1. The fourth-order valence-electron chi connectivity index (χ4n) is 2.31. The molecule has 5 nitrogen and oxygen atoms in total. The molecule has 0 radical (unpaired) electrons. The van der Waals surface area contributed by atoms with Gasteiger partial charge >= 0.3 is 5.97 Å². The molecule has 1 aromatic heterocycles. The molecule has 0 saturated carbocycles.